The number of hydrogen-bond acceptors (Lipinski definition) is 2. The third-order valence-corrected chi connectivity index (χ3v) is 3.15. The van der Waals surface area contributed by atoms with Crippen LogP contribution in [0.15, 0.2) is 30.3 Å². The first-order valence-electron chi connectivity index (χ1n) is 5.83. The van der Waals surface area contributed by atoms with Gasteiger partial charge in [-0.2, -0.15) is 0 Å². The van der Waals surface area contributed by atoms with Gasteiger partial charge in [-0.1, -0.05) is 30.3 Å². The van der Waals surface area contributed by atoms with E-state index in [1.165, 1.54) is 0 Å². The minimum Gasteiger partial charge on any atom is -0.352 e. The smallest absolute Gasteiger partial charge is 0.223 e. The molecule has 2 unspecified atom stereocenters. The number of nitrogens with one attached hydrogen (secondary N) is 1. The summed E-state index contributed by atoms with van der Waals surface area (Å²) in [5.41, 5.74) is 6.93. The number of benzene rings is 1. The van der Waals surface area contributed by atoms with Crippen LogP contribution in [0.4, 0.5) is 0 Å². The van der Waals surface area contributed by atoms with Gasteiger partial charge in [-0.25, -0.2) is 0 Å². The molecular weight excluding hydrogens is 200 g/mol. The highest BCUT2D eigenvalue weighted by atomic mass is 16.1. The van der Waals surface area contributed by atoms with Gasteiger partial charge < -0.3 is 11.1 Å². The standard InChI is InChI=1S/C13H18N2O/c14-12-7-6-11(8-12)13(16)15-9-10-4-2-1-3-5-10/h1-5,11-12H,6-9,14H2,(H,15,16). The second kappa shape index (κ2) is 5.12. The van der Waals surface area contributed by atoms with Crippen LogP contribution in [0.3, 0.4) is 0 Å². The molecule has 0 radical (unpaired) electrons. The van der Waals surface area contributed by atoms with E-state index in [-0.39, 0.29) is 17.9 Å². The molecule has 86 valence electrons. The van der Waals surface area contributed by atoms with Gasteiger partial charge in [0.05, 0.1) is 0 Å². The Morgan fingerprint density at radius 3 is 2.69 bits per heavy atom. The van der Waals surface area contributed by atoms with Gasteiger partial charge in [-0.15, -0.1) is 0 Å². The Hall–Kier alpha value is -1.35. The monoisotopic (exact) mass is 218 g/mol. The second-order valence-corrected chi connectivity index (χ2v) is 4.47. The van der Waals surface area contributed by atoms with Gasteiger partial charge in [0, 0.05) is 18.5 Å². The number of nitrogens with two attached hydrogens (primary N) is 1. The van der Waals surface area contributed by atoms with E-state index >= 15 is 0 Å². The van der Waals surface area contributed by atoms with Crippen molar-refractivity contribution in [1.82, 2.24) is 5.32 Å². The van der Waals surface area contributed by atoms with Crippen molar-refractivity contribution >= 4 is 5.91 Å². The third-order valence-electron chi connectivity index (χ3n) is 3.15. The Morgan fingerprint density at radius 2 is 2.06 bits per heavy atom. The molecule has 2 rings (SSSR count). The van der Waals surface area contributed by atoms with Crippen LogP contribution in [-0.2, 0) is 11.3 Å². The molecule has 0 spiro atoms. The maximum Gasteiger partial charge on any atom is 0.223 e. The number of carbonyl (C=O) groups is 1. The first-order chi connectivity index (χ1) is 7.75. The Bertz CT molecular complexity index is 350. The molecule has 0 heterocycles. The molecular formula is C13H18N2O. The van der Waals surface area contributed by atoms with Crippen molar-refractivity contribution in [2.24, 2.45) is 11.7 Å². The summed E-state index contributed by atoms with van der Waals surface area (Å²) < 4.78 is 0. The third kappa shape index (κ3) is 2.83. The topological polar surface area (TPSA) is 55.1 Å². The number of carbonyl (C=O) groups excluding carboxylic acids is 1. The molecule has 3 N–H and O–H groups in total. The lowest BCUT2D eigenvalue weighted by Crippen LogP contribution is -2.29. The van der Waals surface area contributed by atoms with Gasteiger partial charge in [0.15, 0.2) is 0 Å². The molecule has 0 saturated heterocycles. The quantitative estimate of drug-likeness (QED) is 0.806. The van der Waals surface area contributed by atoms with Crippen molar-refractivity contribution in [2.45, 2.75) is 31.8 Å². The van der Waals surface area contributed by atoms with Gasteiger partial charge in [-0.3, -0.25) is 4.79 Å². The molecule has 2 atom stereocenters. The zero-order valence-electron chi connectivity index (χ0n) is 9.36. The predicted molar refractivity (Wildman–Crippen MR) is 63.6 cm³/mol. The normalized spacial score (nSPS) is 24.3. The zero-order valence-corrected chi connectivity index (χ0v) is 9.36. The Balaban J connectivity index is 1.80. The predicted octanol–water partition coefficient (Wildman–Crippen LogP) is 1.43. The summed E-state index contributed by atoms with van der Waals surface area (Å²) in [6.07, 6.45) is 2.74. The fourth-order valence-corrected chi connectivity index (χ4v) is 2.18. The highest BCUT2D eigenvalue weighted by molar-refractivity contribution is 5.78. The largest absolute Gasteiger partial charge is 0.352 e. The van der Waals surface area contributed by atoms with Crippen LogP contribution in [0.2, 0.25) is 0 Å². The molecule has 3 heteroatoms. The summed E-state index contributed by atoms with van der Waals surface area (Å²) in [7, 11) is 0. The number of hydrogen-bond donors (Lipinski definition) is 2. The van der Waals surface area contributed by atoms with Crippen molar-refractivity contribution < 1.29 is 4.79 Å². The molecule has 1 amide bonds. The van der Waals surface area contributed by atoms with Gasteiger partial charge in [-0.05, 0) is 24.8 Å². The Labute approximate surface area is 96.0 Å². The minimum absolute atomic E-state index is 0.124. The summed E-state index contributed by atoms with van der Waals surface area (Å²) >= 11 is 0. The summed E-state index contributed by atoms with van der Waals surface area (Å²) in [6, 6.07) is 10.2. The Morgan fingerprint density at radius 1 is 1.31 bits per heavy atom. The number of rotatable bonds is 3. The summed E-state index contributed by atoms with van der Waals surface area (Å²) in [5.74, 6) is 0.274. The van der Waals surface area contributed by atoms with E-state index in [1.807, 2.05) is 30.3 Å². The summed E-state index contributed by atoms with van der Waals surface area (Å²) in [5, 5.41) is 2.97. The lowest BCUT2D eigenvalue weighted by molar-refractivity contribution is -0.125. The molecule has 0 bridgehead atoms. The van der Waals surface area contributed by atoms with E-state index in [1.54, 1.807) is 0 Å². The van der Waals surface area contributed by atoms with E-state index in [4.69, 9.17) is 5.73 Å². The zero-order chi connectivity index (χ0) is 11.4. The van der Waals surface area contributed by atoms with Crippen molar-refractivity contribution in [3.05, 3.63) is 35.9 Å². The molecule has 16 heavy (non-hydrogen) atoms. The molecule has 1 aromatic rings. The van der Waals surface area contributed by atoms with Gasteiger partial charge >= 0.3 is 0 Å². The lowest BCUT2D eigenvalue weighted by Gasteiger charge is -2.10. The van der Waals surface area contributed by atoms with Gasteiger partial charge in [0.25, 0.3) is 0 Å². The maximum atomic E-state index is 11.8. The van der Waals surface area contributed by atoms with E-state index < -0.39 is 0 Å². The average molecular weight is 218 g/mol. The lowest BCUT2D eigenvalue weighted by atomic mass is 10.1. The highest BCUT2D eigenvalue weighted by Gasteiger charge is 2.27. The van der Waals surface area contributed by atoms with E-state index in [9.17, 15) is 4.79 Å². The molecule has 1 aliphatic rings. The number of amides is 1. The Kier molecular flexibility index (Phi) is 3.57. The first-order valence-corrected chi connectivity index (χ1v) is 5.83. The fraction of sp³-hybridized carbons (Fsp3) is 0.462. The molecule has 1 saturated carbocycles. The molecule has 1 aromatic carbocycles. The fourth-order valence-electron chi connectivity index (χ4n) is 2.18. The van der Waals surface area contributed by atoms with Crippen molar-refractivity contribution in [2.75, 3.05) is 0 Å². The molecule has 3 nitrogen and oxygen atoms in total. The maximum absolute atomic E-state index is 11.8. The molecule has 1 aliphatic carbocycles. The summed E-state index contributed by atoms with van der Waals surface area (Å²) in [4.78, 5) is 11.8. The highest BCUT2D eigenvalue weighted by Crippen LogP contribution is 2.24. The molecule has 0 aliphatic heterocycles. The van der Waals surface area contributed by atoms with Crippen molar-refractivity contribution in [1.29, 1.82) is 0 Å². The van der Waals surface area contributed by atoms with Crippen LogP contribution in [0.1, 0.15) is 24.8 Å². The van der Waals surface area contributed by atoms with Crippen molar-refractivity contribution in [3.63, 3.8) is 0 Å². The van der Waals surface area contributed by atoms with Crippen LogP contribution in [0, 0.1) is 5.92 Å². The molecule has 0 aromatic heterocycles. The minimum atomic E-state index is 0.124. The SMILES string of the molecule is NC1CCC(C(=O)NCc2ccccc2)C1. The molecule has 1 fully saturated rings. The summed E-state index contributed by atoms with van der Waals surface area (Å²) in [6.45, 7) is 0.616. The van der Waals surface area contributed by atoms with E-state index in [2.05, 4.69) is 5.32 Å². The van der Waals surface area contributed by atoms with Crippen LogP contribution in [0.5, 0.6) is 0 Å². The van der Waals surface area contributed by atoms with E-state index in [0.29, 0.717) is 6.54 Å². The average Bonchev–Trinajstić information content (AvgIpc) is 2.74. The van der Waals surface area contributed by atoms with Crippen molar-refractivity contribution in [3.8, 4) is 0 Å². The van der Waals surface area contributed by atoms with Gasteiger partial charge in [0.2, 0.25) is 5.91 Å². The van der Waals surface area contributed by atoms with Gasteiger partial charge in [0.1, 0.15) is 0 Å². The van der Waals surface area contributed by atoms with Crippen LogP contribution >= 0.6 is 0 Å². The van der Waals surface area contributed by atoms with Crippen LogP contribution < -0.4 is 11.1 Å². The second-order valence-electron chi connectivity index (χ2n) is 4.47. The van der Waals surface area contributed by atoms with E-state index in [0.717, 1.165) is 24.8 Å². The van der Waals surface area contributed by atoms with Crippen LogP contribution in [0.25, 0.3) is 0 Å². The first kappa shape index (κ1) is 11.1. The van der Waals surface area contributed by atoms with Crippen LogP contribution in [-0.4, -0.2) is 11.9 Å².